The van der Waals surface area contributed by atoms with Gasteiger partial charge in [0.2, 0.25) is 0 Å². The molecule has 0 saturated carbocycles. The fourth-order valence-electron chi connectivity index (χ4n) is 1.25. The standard InChI is InChI=1S/C12H17NO2/c1-8(2)15-11-6-5-10(9(3)13)7-12(11)14-4/h5-8,13H,1-4H3. The minimum atomic E-state index is 0.117. The maximum absolute atomic E-state index is 7.52. The summed E-state index contributed by atoms with van der Waals surface area (Å²) in [5, 5.41) is 7.52. The second-order valence-electron chi connectivity index (χ2n) is 3.66. The molecule has 3 nitrogen and oxygen atoms in total. The summed E-state index contributed by atoms with van der Waals surface area (Å²) in [4.78, 5) is 0. The second kappa shape index (κ2) is 4.82. The molecule has 1 aromatic carbocycles. The minimum absolute atomic E-state index is 0.117. The van der Waals surface area contributed by atoms with Gasteiger partial charge >= 0.3 is 0 Å². The molecule has 1 N–H and O–H groups in total. The van der Waals surface area contributed by atoms with Gasteiger partial charge in [0.1, 0.15) is 0 Å². The van der Waals surface area contributed by atoms with Crippen molar-refractivity contribution in [2.75, 3.05) is 7.11 Å². The zero-order valence-corrected chi connectivity index (χ0v) is 9.63. The van der Waals surface area contributed by atoms with Crippen LogP contribution in [0.3, 0.4) is 0 Å². The quantitative estimate of drug-likeness (QED) is 0.771. The Labute approximate surface area is 90.5 Å². The van der Waals surface area contributed by atoms with Crippen molar-refractivity contribution < 1.29 is 9.47 Å². The number of hydrogen-bond donors (Lipinski definition) is 1. The molecular weight excluding hydrogens is 190 g/mol. The first kappa shape index (κ1) is 11.6. The van der Waals surface area contributed by atoms with Gasteiger partial charge in [-0.3, -0.25) is 0 Å². The van der Waals surface area contributed by atoms with Gasteiger partial charge in [0, 0.05) is 5.71 Å². The van der Waals surface area contributed by atoms with Gasteiger partial charge in [-0.1, -0.05) is 0 Å². The summed E-state index contributed by atoms with van der Waals surface area (Å²) >= 11 is 0. The van der Waals surface area contributed by atoms with Crippen molar-refractivity contribution >= 4 is 5.71 Å². The molecule has 0 atom stereocenters. The van der Waals surface area contributed by atoms with Crippen molar-refractivity contribution in [1.29, 1.82) is 5.41 Å². The smallest absolute Gasteiger partial charge is 0.161 e. The average molecular weight is 207 g/mol. The first-order chi connectivity index (χ1) is 7.04. The molecule has 0 fully saturated rings. The molecule has 0 spiro atoms. The number of nitrogens with one attached hydrogen (secondary N) is 1. The molecule has 0 unspecified atom stereocenters. The van der Waals surface area contributed by atoms with E-state index >= 15 is 0 Å². The lowest BCUT2D eigenvalue weighted by atomic mass is 10.1. The summed E-state index contributed by atoms with van der Waals surface area (Å²) < 4.78 is 10.8. The van der Waals surface area contributed by atoms with E-state index in [9.17, 15) is 0 Å². The van der Waals surface area contributed by atoms with Crippen LogP contribution in [0, 0.1) is 5.41 Å². The van der Waals surface area contributed by atoms with E-state index in [1.165, 1.54) is 0 Å². The topological polar surface area (TPSA) is 42.3 Å². The lowest BCUT2D eigenvalue weighted by molar-refractivity contribution is 0.230. The molecule has 0 aromatic heterocycles. The van der Waals surface area contributed by atoms with Gasteiger partial charge in [-0.15, -0.1) is 0 Å². The molecular formula is C12H17NO2. The first-order valence-electron chi connectivity index (χ1n) is 4.94. The van der Waals surface area contributed by atoms with Crippen LogP contribution in [0.15, 0.2) is 18.2 Å². The van der Waals surface area contributed by atoms with E-state index in [1.54, 1.807) is 14.0 Å². The summed E-state index contributed by atoms with van der Waals surface area (Å²) in [5.41, 5.74) is 1.37. The Hall–Kier alpha value is -1.51. The Balaban J connectivity index is 3.03. The normalized spacial score (nSPS) is 10.2. The van der Waals surface area contributed by atoms with Crippen LogP contribution in [0.1, 0.15) is 26.3 Å². The highest BCUT2D eigenvalue weighted by Crippen LogP contribution is 2.28. The predicted molar refractivity (Wildman–Crippen MR) is 61.3 cm³/mol. The van der Waals surface area contributed by atoms with Crippen molar-refractivity contribution in [2.45, 2.75) is 26.9 Å². The minimum Gasteiger partial charge on any atom is -0.493 e. The predicted octanol–water partition coefficient (Wildman–Crippen LogP) is 2.87. The third-order valence-corrected chi connectivity index (χ3v) is 1.96. The molecule has 0 heterocycles. The van der Waals surface area contributed by atoms with E-state index in [1.807, 2.05) is 32.0 Å². The van der Waals surface area contributed by atoms with Crippen LogP contribution in [0.5, 0.6) is 11.5 Å². The first-order valence-corrected chi connectivity index (χ1v) is 4.94. The van der Waals surface area contributed by atoms with Gasteiger partial charge in [-0.2, -0.15) is 0 Å². The molecule has 0 saturated heterocycles. The van der Waals surface area contributed by atoms with Crippen molar-refractivity contribution in [1.82, 2.24) is 0 Å². The molecule has 0 bridgehead atoms. The molecule has 15 heavy (non-hydrogen) atoms. The Kier molecular flexibility index (Phi) is 3.72. The average Bonchev–Trinajstić information content (AvgIpc) is 2.17. The largest absolute Gasteiger partial charge is 0.493 e. The van der Waals surface area contributed by atoms with Gasteiger partial charge in [0.05, 0.1) is 13.2 Å². The molecule has 0 aliphatic heterocycles. The summed E-state index contributed by atoms with van der Waals surface area (Å²) in [5.74, 6) is 1.39. The van der Waals surface area contributed by atoms with E-state index in [-0.39, 0.29) is 6.10 Å². The fraction of sp³-hybridized carbons (Fsp3) is 0.417. The van der Waals surface area contributed by atoms with Gasteiger partial charge in [-0.25, -0.2) is 0 Å². The van der Waals surface area contributed by atoms with Crippen LogP contribution < -0.4 is 9.47 Å². The van der Waals surface area contributed by atoms with Crippen molar-refractivity contribution in [3.8, 4) is 11.5 Å². The monoisotopic (exact) mass is 207 g/mol. The molecule has 1 aromatic rings. The highest BCUT2D eigenvalue weighted by atomic mass is 16.5. The Morgan fingerprint density at radius 1 is 1.27 bits per heavy atom. The van der Waals surface area contributed by atoms with Gasteiger partial charge < -0.3 is 14.9 Å². The number of rotatable bonds is 4. The summed E-state index contributed by atoms with van der Waals surface area (Å²) in [6.07, 6.45) is 0.117. The number of methoxy groups -OCH3 is 1. The Bertz CT molecular complexity index is 359. The zero-order chi connectivity index (χ0) is 11.4. The van der Waals surface area contributed by atoms with Crippen molar-refractivity contribution in [2.24, 2.45) is 0 Å². The molecule has 3 heteroatoms. The van der Waals surface area contributed by atoms with Crippen LogP contribution in [-0.4, -0.2) is 18.9 Å². The van der Waals surface area contributed by atoms with Crippen LogP contribution >= 0.6 is 0 Å². The van der Waals surface area contributed by atoms with Crippen LogP contribution in [0.4, 0.5) is 0 Å². The maximum atomic E-state index is 7.52. The number of hydrogen-bond acceptors (Lipinski definition) is 3. The highest BCUT2D eigenvalue weighted by Gasteiger charge is 2.07. The Morgan fingerprint density at radius 3 is 2.40 bits per heavy atom. The van der Waals surface area contributed by atoms with Crippen LogP contribution in [0.2, 0.25) is 0 Å². The SMILES string of the molecule is COc1cc(C(C)=N)ccc1OC(C)C. The molecule has 82 valence electrons. The van der Waals surface area contributed by atoms with Crippen LogP contribution in [0.25, 0.3) is 0 Å². The lowest BCUT2D eigenvalue weighted by Crippen LogP contribution is -2.07. The summed E-state index contributed by atoms with van der Waals surface area (Å²) in [7, 11) is 1.60. The summed E-state index contributed by atoms with van der Waals surface area (Å²) in [6.45, 7) is 5.68. The molecule has 0 radical (unpaired) electrons. The van der Waals surface area contributed by atoms with Gasteiger partial charge in [-0.05, 0) is 44.5 Å². The summed E-state index contributed by atoms with van der Waals surface area (Å²) in [6, 6.07) is 5.52. The zero-order valence-electron chi connectivity index (χ0n) is 9.63. The number of ether oxygens (including phenoxy) is 2. The molecule has 0 amide bonds. The molecule has 0 aliphatic carbocycles. The van der Waals surface area contributed by atoms with Gasteiger partial charge in [0.15, 0.2) is 11.5 Å². The third kappa shape index (κ3) is 2.98. The second-order valence-corrected chi connectivity index (χ2v) is 3.66. The fourth-order valence-corrected chi connectivity index (χ4v) is 1.25. The van der Waals surface area contributed by atoms with Crippen molar-refractivity contribution in [3.05, 3.63) is 23.8 Å². The maximum Gasteiger partial charge on any atom is 0.161 e. The van der Waals surface area contributed by atoms with Crippen molar-refractivity contribution in [3.63, 3.8) is 0 Å². The third-order valence-electron chi connectivity index (χ3n) is 1.96. The van der Waals surface area contributed by atoms with E-state index in [0.717, 1.165) is 11.3 Å². The lowest BCUT2D eigenvalue weighted by Gasteiger charge is -2.14. The van der Waals surface area contributed by atoms with E-state index in [4.69, 9.17) is 14.9 Å². The van der Waals surface area contributed by atoms with Crippen LogP contribution in [-0.2, 0) is 0 Å². The Morgan fingerprint density at radius 2 is 1.93 bits per heavy atom. The van der Waals surface area contributed by atoms with E-state index in [2.05, 4.69) is 0 Å². The molecule has 0 aliphatic rings. The van der Waals surface area contributed by atoms with Gasteiger partial charge in [0.25, 0.3) is 0 Å². The molecule has 1 rings (SSSR count). The highest BCUT2D eigenvalue weighted by molar-refractivity contribution is 5.96. The number of benzene rings is 1. The van der Waals surface area contributed by atoms with E-state index in [0.29, 0.717) is 11.5 Å². The van der Waals surface area contributed by atoms with E-state index < -0.39 is 0 Å².